The Labute approximate surface area is 181 Å². The third-order valence-corrected chi connectivity index (χ3v) is 5.93. The smallest absolute Gasteiger partial charge is 0.319 e. The molecule has 168 valence electrons. The number of nitrogens with one attached hydrogen (secondary N) is 3. The minimum absolute atomic E-state index is 0.0554. The van der Waals surface area contributed by atoms with Crippen LogP contribution in [0.3, 0.4) is 0 Å². The SMILES string of the molecule is O=C(NCCCNC(=O)N1CCC2CCCC=C2C1)Nc1cc(F)cc2c1OCOC2. The van der Waals surface area contributed by atoms with Crippen LogP contribution in [0.4, 0.5) is 19.7 Å². The minimum Gasteiger partial charge on any atom is -0.465 e. The van der Waals surface area contributed by atoms with E-state index >= 15 is 0 Å². The number of anilines is 1. The van der Waals surface area contributed by atoms with Crippen molar-refractivity contribution in [1.29, 1.82) is 0 Å². The van der Waals surface area contributed by atoms with Crippen LogP contribution < -0.4 is 20.7 Å². The second kappa shape index (κ2) is 10.00. The van der Waals surface area contributed by atoms with Gasteiger partial charge in [0.1, 0.15) is 5.82 Å². The minimum atomic E-state index is -0.473. The number of ether oxygens (including phenoxy) is 2. The highest BCUT2D eigenvalue weighted by Gasteiger charge is 2.27. The Morgan fingerprint density at radius 1 is 1.19 bits per heavy atom. The summed E-state index contributed by atoms with van der Waals surface area (Å²) in [5.41, 5.74) is 2.22. The second-order valence-electron chi connectivity index (χ2n) is 8.14. The number of carbonyl (C=O) groups excluding carboxylic acids is 2. The number of nitrogens with zero attached hydrogens (tertiary/aromatic N) is 1. The van der Waals surface area contributed by atoms with Gasteiger partial charge in [-0.15, -0.1) is 0 Å². The van der Waals surface area contributed by atoms with Gasteiger partial charge in [0.15, 0.2) is 12.5 Å². The third kappa shape index (κ3) is 5.46. The summed E-state index contributed by atoms with van der Waals surface area (Å²) < 4.78 is 24.3. The molecule has 1 atom stereocenters. The van der Waals surface area contributed by atoms with E-state index in [1.807, 2.05) is 4.90 Å². The van der Waals surface area contributed by atoms with Crippen molar-refractivity contribution in [1.82, 2.24) is 15.5 Å². The Bertz CT molecular complexity index is 860. The molecule has 1 saturated heterocycles. The molecule has 0 saturated carbocycles. The summed E-state index contributed by atoms with van der Waals surface area (Å²) in [6, 6.07) is 2.03. The third-order valence-electron chi connectivity index (χ3n) is 5.93. The summed E-state index contributed by atoms with van der Waals surface area (Å²) in [5.74, 6) is 0.605. The lowest BCUT2D eigenvalue weighted by atomic mass is 9.82. The molecule has 0 radical (unpaired) electrons. The maximum Gasteiger partial charge on any atom is 0.319 e. The van der Waals surface area contributed by atoms with Crippen LogP contribution >= 0.6 is 0 Å². The largest absolute Gasteiger partial charge is 0.465 e. The molecule has 4 amide bonds. The monoisotopic (exact) mass is 432 g/mol. The Hall–Kier alpha value is -2.81. The Balaban J connectivity index is 1.16. The molecule has 1 unspecified atom stereocenters. The van der Waals surface area contributed by atoms with E-state index in [0.29, 0.717) is 36.7 Å². The van der Waals surface area contributed by atoms with E-state index in [0.717, 1.165) is 25.9 Å². The normalized spacial score (nSPS) is 20.0. The number of hydrogen-bond acceptors (Lipinski definition) is 4. The van der Waals surface area contributed by atoms with Crippen molar-refractivity contribution in [2.24, 2.45) is 5.92 Å². The summed E-state index contributed by atoms with van der Waals surface area (Å²) in [6.45, 7) is 2.65. The number of benzene rings is 1. The average Bonchev–Trinajstić information content (AvgIpc) is 2.78. The second-order valence-corrected chi connectivity index (χ2v) is 8.14. The van der Waals surface area contributed by atoms with E-state index in [9.17, 15) is 14.0 Å². The van der Waals surface area contributed by atoms with Crippen LogP contribution in [-0.2, 0) is 11.3 Å². The molecule has 3 N–H and O–H groups in total. The van der Waals surface area contributed by atoms with Crippen molar-refractivity contribution in [3.63, 3.8) is 0 Å². The van der Waals surface area contributed by atoms with Crippen LogP contribution in [0.5, 0.6) is 5.75 Å². The fourth-order valence-electron chi connectivity index (χ4n) is 4.35. The zero-order chi connectivity index (χ0) is 21.6. The van der Waals surface area contributed by atoms with Gasteiger partial charge in [-0.25, -0.2) is 14.0 Å². The van der Waals surface area contributed by atoms with E-state index in [2.05, 4.69) is 22.0 Å². The Kier molecular flexibility index (Phi) is 6.91. The summed E-state index contributed by atoms with van der Waals surface area (Å²) in [6.07, 6.45) is 7.54. The van der Waals surface area contributed by atoms with Crippen LogP contribution in [0.1, 0.15) is 37.7 Å². The fourth-order valence-corrected chi connectivity index (χ4v) is 4.35. The highest BCUT2D eigenvalue weighted by molar-refractivity contribution is 5.91. The first-order valence-corrected chi connectivity index (χ1v) is 10.9. The van der Waals surface area contributed by atoms with E-state index in [-0.39, 0.29) is 25.1 Å². The van der Waals surface area contributed by atoms with Crippen LogP contribution in [0.15, 0.2) is 23.8 Å². The summed E-state index contributed by atoms with van der Waals surface area (Å²) in [7, 11) is 0. The molecule has 9 heteroatoms. The van der Waals surface area contributed by atoms with E-state index in [1.165, 1.54) is 30.5 Å². The molecule has 3 aliphatic rings. The number of carbonyl (C=O) groups is 2. The van der Waals surface area contributed by atoms with Gasteiger partial charge < -0.3 is 30.3 Å². The zero-order valence-electron chi connectivity index (χ0n) is 17.5. The molecular formula is C22H29FN4O4. The molecule has 8 nitrogen and oxygen atoms in total. The van der Waals surface area contributed by atoms with Gasteiger partial charge in [0.2, 0.25) is 0 Å². The molecule has 0 spiro atoms. The van der Waals surface area contributed by atoms with E-state index < -0.39 is 11.8 Å². The molecular weight excluding hydrogens is 403 g/mol. The number of amides is 4. The van der Waals surface area contributed by atoms with Gasteiger partial charge in [-0.2, -0.15) is 0 Å². The molecule has 0 bridgehead atoms. The molecule has 1 aliphatic carbocycles. The topological polar surface area (TPSA) is 91.9 Å². The number of urea groups is 2. The number of hydrogen-bond donors (Lipinski definition) is 3. The summed E-state index contributed by atoms with van der Waals surface area (Å²) in [4.78, 5) is 26.4. The fraction of sp³-hybridized carbons (Fsp3) is 0.545. The van der Waals surface area contributed by atoms with Gasteiger partial charge in [-0.1, -0.05) is 11.6 Å². The average molecular weight is 432 g/mol. The van der Waals surface area contributed by atoms with E-state index in [1.54, 1.807) is 0 Å². The van der Waals surface area contributed by atoms with Crippen LogP contribution in [0.2, 0.25) is 0 Å². The van der Waals surface area contributed by atoms with Gasteiger partial charge in [0.05, 0.1) is 12.3 Å². The summed E-state index contributed by atoms with van der Waals surface area (Å²) in [5, 5.41) is 8.26. The lowest BCUT2D eigenvalue weighted by Crippen LogP contribution is -2.46. The number of fused-ring (bicyclic) bond motifs is 2. The van der Waals surface area contributed by atoms with Gasteiger partial charge in [0, 0.05) is 37.8 Å². The molecule has 1 aromatic carbocycles. The summed E-state index contributed by atoms with van der Waals surface area (Å²) >= 11 is 0. The van der Waals surface area contributed by atoms with Crippen molar-refractivity contribution in [2.45, 2.75) is 38.7 Å². The maximum absolute atomic E-state index is 13.7. The molecule has 31 heavy (non-hydrogen) atoms. The zero-order valence-corrected chi connectivity index (χ0v) is 17.5. The first kappa shape index (κ1) is 21.4. The van der Waals surface area contributed by atoms with Crippen molar-refractivity contribution in [2.75, 3.05) is 38.3 Å². The van der Waals surface area contributed by atoms with Crippen molar-refractivity contribution >= 4 is 17.7 Å². The lowest BCUT2D eigenvalue weighted by molar-refractivity contribution is -0.0160. The molecule has 0 aromatic heterocycles. The maximum atomic E-state index is 13.7. The molecule has 4 rings (SSSR count). The van der Waals surface area contributed by atoms with Crippen LogP contribution in [0, 0.1) is 11.7 Å². The van der Waals surface area contributed by atoms with Crippen LogP contribution in [-0.4, -0.2) is 49.9 Å². The molecule has 2 aliphatic heterocycles. The van der Waals surface area contributed by atoms with Crippen molar-refractivity contribution < 1.29 is 23.5 Å². The standard InChI is InChI=1S/C22H29FN4O4/c23-18-10-17-13-30-14-31-20(17)19(11-18)26-21(28)24-7-3-8-25-22(29)27-9-6-15-4-1-2-5-16(15)12-27/h5,10-11,15H,1-4,6-9,12-14H2,(H,25,29)(H2,24,26,28). The highest BCUT2D eigenvalue weighted by Crippen LogP contribution is 2.33. The number of piperidine rings is 1. The Morgan fingerprint density at radius 2 is 2.06 bits per heavy atom. The number of halogens is 1. The number of rotatable bonds is 5. The van der Waals surface area contributed by atoms with Gasteiger partial charge in [0.25, 0.3) is 0 Å². The predicted molar refractivity (Wildman–Crippen MR) is 113 cm³/mol. The van der Waals surface area contributed by atoms with Crippen molar-refractivity contribution in [3.8, 4) is 5.75 Å². The van der Waals surface area contributed by atoms with Crippen LogP contribution in [0.25, 0.3) is 0 Å². The first-order valence-electron chi connectivity index (χ1n) is 10.9. The van der Waals surface area contributed by atoms with Gasteiger partial charge in [-0.05, 0) is 44.1 Å². The predicted octanol–water partition coefficient (Wildman–Crippen LogP) is 3.35. The Morgan fingerprint density at radius 3 is 2.97 bits per heavy atom. The quantitative estimate of drug-likeness (QED) is 0.492. The van der Waals surface area contributed by atoms with Crippen molar-refractivity contribution in [3.05, 3.63) is 35.2 Å². The van der Waals surface area contributed by atoms with Gasteiger partial charge in [-0.3, -0.25) is 0 Å². The first-order chi connectivity index (χ1) is 15.1. The molecule has 2 heterocycles. The highest BCUT2D eigenvalue weighted by atomic mass is 19.1. The lowest BCUT2D eigenvalue weighted by Gasteiger charge is -2.36. The molecule has 1 fully saturated rings. The molecule has 1 aromatic rings. The number of likely N-dealkylation sites (tertiary alicyclic amines) is 1. The van der Waals surface area contributed by atoms with Gasteiger partial charge >= 0.3 is 12.1 Å². The van der Waals surface area contributed by atoms with E-state index in [4.69, 9.17) is 9.47 Å². The number of allylic oxidation sites excluding steroid dienone is 1.